The smallest absolute Gasteiger partial charge is 0.369 e. The Morgan fingerprint density at radius 1 is 1.21 bits per heavy atom. The quantitative estimate of drug-likeness (QED) is 0.868. The van der Waals surface area contributed by atoms with Gasteiger partial charge in [-0.25, -0.2) is 0 Å². The maximum atomic E-state index is 12.9. The molecule has 0 radical (unpaired) electrons. The van der Waals surface area contributed by atoms with Crippen molar-refractivity contribution in [2.24, 2.45) is 0 Å². The van der Waals surface area contributed by atoms with Crippen LogP contribution in [-0.2, 0) is 27.0 Å². The normalized spacial score (nSPS) is 17.5. The highest BCUT2D eigenvalue weighted by atomic mass is 19.4. The average Bonchev–Trinajstić information content (AvgIpc) is 2.64. The van der Waals surface area contributed by atoms with Crippen LogP contribution in [0.5, 0.6) is 0 Å². The Kier molecular flexibility index (Phi) is 5.69. The number of anilines is 1. The molecule has 1 N–H and O–H groups in total. The van der Waals surface area contributed by atoms with Crippen molar-refractivity contribution in [3.8, 4) is 0 Å². The molecular weight excluding hydrogens is 373 g/mol. The molecule has 1 saturated heterocycles. The minimum Gasteiger partial charge on any atom is -0.369 e. The highest BCUT2D eigenvalue weighted by Gasteiger charge is 2.35. The molecule has 1 atom stereocenters. The lowest BCUT2D eigenvalue weighted by atomic mass is 10.1. The third kappa shape index (κ3) is 4.69. The number of nitrogens with zero attached hydrogens (tertiary/aromatic N) is 1. The van der Waals surface area contributed by atoms with Gasteiger partial charge in [0, 0.05) is 12.2 Å². The van der Waals surface area contributed by atoms with Crippen molar-refractivity contribution in [2.45, 2.75) is 25.7 Å². The van der Waals surface area contributed by atoms with Gasteiger partial charge in [0.1, 0.15) is 12.6 Å². The first-order valence-corrected chi connectivity index (χ1v) is 8.65. The molecule has 0 aliphatic carbocycles. The van der Waals surface area contributed by atoms with Crippen LogP contribution in [-0.4, -0.2) is 36.0 Å². The fourth-order valence-electron chi connectivity index (χ4n) is 2.91. The summed E-state index contributed by atoms with van der Waals surface area (Å²) in [6.45, 7) is 1.99. The van der Waals surface area contributed by atoms with Crippen molar-refractivity contribution in [3.05, 3.63) is 65.2 Å². The third-order valence-electron chi connectivity index (χ3n) is 4.43. The SMILES string of the molecule is Cc1ccc(CN2C(=O)COC[C@H]2C(=O)Nc2cccc(C(F)(F)F)c2)cc1. The molecule has 2 aromatic rings. The number of ether oxygens (including phenoxy) is 1. The van der Waals surface area contributed by atoms with Gasteiger partial charge in [0.2, 0.25) is 11.8 Å². The molecule has 1 aliphatic rings. The molecule has 0 unspecified atom stereocenters. The second-order valence-corrected chi connectivity index (χ2v) is 6.61. The van der Waals surface area contributed by atoms with E-state index in [-0.39, 0.29) is 31.4 Å². The summed E-state index contributed by atoms with van der Waals surface area (Å²) >= 11 is 0. The lowest BCUT2D eigenvalue weighted by Crippen LogP contribution is -2.54. The van der Waals surface area contributed by atoms with Crippen LogP contribution in [0.15, 0.2) is 48.5 Å². The zero-order chi connectivity index (χ0) is 20.3. The van der Waals surface area contributed by atoms with Crippen molar-refractivity contribution in [3.63, 3.8) is 0 Å². The molecule has 0 saturated carbocycles. The van der Waals surface area contributed by atoms with Gasteiger partial charge in [-0.1, -0.05) is 35.9 Å². The number of hydrogen-bond acceptors (Lipinski definition) is 3. The summed E-state index contributed by atoms with van der Waals surface area (Å²) in [5.74, 6) is -0.949. The van der Waals surface area contributed by atoms with E-state index >= 15 is 0 Å². The van der Waals surface area contributed by atoms with E-state index in [1.165, 1.54) is 17.0 Å². The Bertz CT molecular complexity index is 866. The second-order valence-electron chi connectivity index (χ2n) is 6.61. The van der Waals surface area contributed by atoms with Gasteiger partial charge in [0.25, 0.3) is 0 Å². The Morgan fingerprint density at radius 2 is 1.93 bits per heavy atom. The van der Waals surface area contributed by atoms with E-state index in [0.29, 0.717) is 0 Å². The van der Waals surface area contributed by atoms with Crippen LogP contribution in [0.4, 0.5) is 18.9 Å². The number of morpholine rings is 1. The molecule has 8 heteroatoms. The minimum atomic E-state index is -4.51. The molecule has 1 fully saturated rings. The molecule has 0 spiro atoms. The van der Waals surface area contributed by atoms with E-state index < -0.39 is 23.7 Å². The van der Waals surface area contributed by atoms with Crippen LogP contribution < -0.4 is 5.32 Å². The molecule has 3 rings (SSSR count). The van der Waals surface area contributed by atoms with E-state index in [0.717, 1.165) is 23.3 Å². The summed E-state index contributed by atoms with van der Waals surface area (Å²) < 4.78 is 43.8. The molecule has 148 valence electrons. The molecule has 0 aromatic heterocycles. The second kappa shape index (κ2) is 8.02. The lowest BCUT2D eigenvalue weighted by Gasteiger charge is -2.34. The summed E-state index contributed by atoms with van der Waals surface area (Å²) in [7, 11) is 0. The van der Waals surface area contributed by atoms with Gasteiger partial charge in [0.15, 0.2) is 0 Å². The maximum Gasteiger partial charge on any atom is 0.416 e. The summed E-state index contributed by atoms with van der Waals surface area (Å²) in [4.78, 5) is 26.3. The van der Waals surface area contributed by atoms with Crippen LogP contribution in [0.25, 0.3) is 0 Å². The van der Waals surface area contributed by atoms with E-state index in [1.54, 1.807) is 0 Å². The molecule has 2 aromatic carbocycles. The van der Waals surface area contributed by atoms with Crippen molar-refractivity contribution in [2.75, 3.05) is 18.5 Å². The number of rotatable bonds is 4. The van der Waals surface area contributed by atoms with Crippen molar-refractivity contribution in [1.82, 2.24) is 4.90 Å². The first-order chi connectivity index (χ1) is 13.2. The van der Waals surface area contributed by atoms with Gasteiger partial charge in [-0.2, -0.15) is 13.2 Å². The molecule has 1 aliphatic heterocycles. The molecule has 28 heavy (non-hydrogen) atoms. The zero-order valence-corrected chi connectivity index (χ0v) is 15.1. The summed E-state index contributed by atoms with van der Waals surface area (Å²) in [5, 5.41) is 2.46. The number of nitrogens with one attached hydrogen (secondary N) is 1. The number of aryl methyl sites for hydroxylation is 1. The highest BCUT2D eigenvalue weighted by molar-refractivity contribution is 5.98. The first kappa shape index (κ1) is 19.9. The Labute approximate surface area is 160 Å². The molecule has 0 bridgehead atoms. The fraction of sp³-hybridized carbons (Fsp3) is 0.300. The van der Waals surface area contributed by atoms with Crippen LogP contribution in [0, 0.1) is 6.92 Å². The van der Waals surface area contributed by atoms with Gasteiger partial charge in [-0.15, -0.1) is 0 Å². The predicted octanol–water partition coefficient (Wildman–Crippen LogP) is 3.38. The average molecular weight is 392 g/mol. The zero-order valence-electron chi connectivity index (χ0n) is 15.1. The molecule has 1 heterocycles. The van der Waals surface area contributed by atoms with Crippen LogP contribution in [0.3, 0.4) is 0 Å². The summed E-state index contributed by atoms with van der Waals surface area (Å²) in [6.07, 6.45) is -4.51. The number of halogens is 3. The number of amides is 2. The number of benzene rings is 2. The maximum absolute atomic E-state index is 12.9. The van der Waals surface area contributed by atoms with Crippen molar-refractivity contribution in [1.29, 1.82) is 0 Å². The first-order valence-electron chi connectivity index (χ1n) is 8.65. The Hall–Kier alpha value is -2.87. The highest BCUT2D eigenvalue weighted by Crippen LogP contribution is 2.30. The van der Waals surface area contributed by atoms with Crippen LogP contribution >= 0.6 is 0 Å². The minimum absolute atomic E-state index is 0.00753. The Balaban J connectivity index is 1.76. The van der Waals surface area contributed by atoms with E-state index in [1.807, 2.05) is 31.2 Å². The van der Waals surface area contributed by atoms with Gasteiger partial charge >= 0.3 is 6.18 Å². The van der Waals surface area contributed by atoms with Gasteiger partial charge in [-0.05, 0) is 30.7 Å². The summed E-state index contributed by atoms with van der Waals surface area (Å²) in [6, 6.07) is 10.9. The van der Waals surface area contributed by atoms with Gasteiger partial charge in [0.05, 0.1) is 12.2 Å². The predicted molar refractivity (Wildman–Crippen MR) is 96.4 cm³/mol. The molecular formula is C20H19F3N2O3. The van der Waals surface area contributed by atoms with E-state index in [9.17, 15) is 22.8 Å². The monoisotopic (exact) mass is 392 g/mol. The van der Waals surface area contributed by atoms with E-state index in [2.05, 4.69) is 5.32 Å². The number of carbonyl (C=O) groups excluding carboxylic acids is 2. The summed E-state index contributed by atoms with van der Waals surface area (Å²) in [5.41, 5.74) is 1.06. The van der Waals surface area contributed by atoms with Crippen molar-refractivity contribution < 1.29 is 27.5 Å². The number of alkyl halides is 3. The number of carbonyl (C=O) groups is 2. The number of hydrogen-bond donors (Lipinski definition) is 1. The standard InChI is InChI=1S/C20H19F3N2O3/c1-13-5-7-14(8-6-13)10-25-17(11-28-12-18(25)26)19(27)24-16-4-2-3-15(9-16)20(21,22)23/h2-9,17H,10-12H2,1H3,(H,24,27)/t17-/m0/s1. The molecule has 2 amide bonds. The topological polar surface area (TPSA) is 58.6 Å². The third-order valence-corrected chi connectivity index (χ3v) is 4.43. The van der Waals surface area contributed by atoms with Gasteiger partial charge < -0.3 is 15.0 Å². The molecule has 5 nitrogen and oxygen atoms in total. The lowest BCUT2D eigenvalue weighted by molar-refractivity contribution is -0.154. The van der Waals surface area contributed by atoms with Crippen molar-refractivity contribution >= 4 is 17.5 Å². The van der Waals surface area contributed by atoms with Gasteiger partial charge in [-0.3, -0.25) is 9.59 Å². The van der Waals surface area contributed by atoms with Crippen LogP contribution in [0.1, 0.15) is 16.7 Å². The fourth-order valence-corrected chi connectivity index (χ4v) is 2.91. The van der Waals surface area contributed by atoms with Crippen LogP contribution in [0.2, 0.25) is 0 Å². The van der Waals surface area contributed by atoms with E-state index in [4.69, 9.17) is 4.74 Å². The largest absolute Gasteiger partial charge is 0.416 e. The Morgan fingerprint density at radius 3 is 2.61 bits per heavy atom.